The summed E-state index contributed by atoms with van der Waals surface area (Å²) < 4.78 is 20.9. The van der Waals surface area contributed by atoms with Crippen LogP contribution >= 0.6 is 0 Å². The van der Waals surface area contributed by atoms with Gasteiger partial charge in [0.25, 0.3) is 11.8 Å². The van der Waals surface area contributed by atoms with Crippen LogP contribution in [0.4, 0.5) is 14.9 Å². The lowest BCUT2D eigenvalue weighted by Crippen LogP contribution is -2.54. The normalized spacial score (nSPS) is 15.0. The summed E-state index contributed by atoms with van der Waals surface area (Å²) >= 11 is 0. The predicted octanol–water partition coefficient (Wildman–Crippen LogP) is 4.89. The molecule has 0 spiro atoms. The fourth-order valence-electron chi connectivity index (χ4n) is 4.20. The molecule has 0 bridgehead atoms. The molecule has 1 aliphatic rings. The first-order chi connectivity index (χ1) is 17.4. The van der Waals surface area contributed by atoms with Crippen molar-refractivity contribution < 1.29 is 23.5 Å². The Morgan fingerprint density at radius 1 is 0.972 bits per heavy atom. The third-order valence-corrected chi connectivity index (χ3v) is 5.86. The number of aromatic nitrogens is 1. The van der Waals surface area contributed by atoms with Crippen molar-refractivity contribution in [2.45, 2.75) is 13.5 Å². The Labute approximate surface area is 206 Å². The fourth-order valence-corrected chi connectivity index (χ4v) is 4.20. The summed E-state index contributed by atoms with van der Waals surface area (Å²) in [6.07, 6.45) is 3.37. The quantitative estimate of drug-likeness (QED) is 0.313. The molecule has 0 atom stereocenters. The van der Waals surface area contributed by atoms with Crippen LogP contribution in [0.5, 0.6) is 5.75 Å². The standard InChI is InChI=1S/C28H22FN3O4/c1-2-36-23-9-7-22(8-10-23)32-27(34)24(26(33)30-28(32)35)16-18-6-11-25-20(14-18)12-13-31(25)17-19-4-3-5-21(29)15-19/h3-16H,2,17H2,1H3,(H,30,33,35)/b24-16-. The number of ether oxygens (including phenoxy) is 1. The third kappa shape index (κ3) is 4.48. The van der Waals surface area contributed by atoms with Gasteiger partial charge in [-0.2, -0.15) is 0 Å². The van der Waals surface area contributed by atoms with E-state index in [-0.39, 0.29) is 11.4 Å². The maximum atomic E-state index is 13.6. The Morgan fingerprint density at radius 2 is 1.78 bits per heavy atom. The van der Waals surface area contributed by atoms with E-state index in [4.69, 9.17) is 4.74 Å². The Hall–Kier alpha value is -4.72. The van der Waals surface area contributed by atoms with E-state index in [1.807, 2.05) is 42.0 Å². The fraction of sp³-hybridized carbons (Fsp3) is 0.107. The molecule has 180 valence electrons. The van der Waals surface area contributed by atoms with Crippen molar-refractivity contribution in [2.24, 2.45) is 0 Å². The zero-order valence-electron chi connectivity index (χ0n) is 19.4. The molecule has 1 aromatic heterocycles. The molecule has 4 aromatic rings. The van der Waals surface area contributed by atoms with E-state index in [0.29, 0.717) is 30.2 Å². The van der Waals surface area contributed by atoms with Crippen LogP contribution in [0.2, 0.25) is 0 Å². The number of nitrogens with zero attached hydrogens (tertiary/aromatic N) is 2. The monoisotopic (exact) mass is 483 g/mol. The van der Waals surface area contributed by atoms with Gasteiger partial charge in [0.05, 0.1) is 12.3 Å². The Balaban J connectivity index is 1.43. The number of imide groups is 2. The number of amides is 4. The smallest absolute Gasteiger partial charge is 0.335 e. The highest BCUT2D eigenvalue weighted by molar-refractivity contribution is 6.39. The molecular weight excluding hydrogens is 461 g/mol. The Morgan fingerprint density at radius 3 is 2.53 bits per heavy atom. The molecule has 2 heterocycles. The Bertz CT molecular complexity index is 1520. The molecule has 1 saturated heterocycles. The molecule has 7 nitrogen and oxygen atoms in total. The van der Waals surface area contributed by atoms with Crippen molar-refractivity contribution in [1.82, 2.24) is 9.88 Å². The van der Waals surface area contributed by atoms with Gasteiger partial charge in [0, 0.05) is 23.6 Å². The van der Waals surface area contributed by atoms with Gasteiger partial charge in [-0.25, -0.2) is 14.1 Å². The predicted molar refractivity (Wildman–Crippen MR) is 134 cm³/mol. The summed E-state index contributed by atoms with van der Waals surface area (Å²) in [5, 5.41) is 3.13. The highest BCUT2D eigenvalue weighted by Crippen LogP contribution is 2.26. The highest BCUT2D eigenvalue weighted by atomic mass is 19.1. The van der Waals surface area contributed by atoms with Crippen molar-refractivity contribution in [2.75, 3.05) is 11.5 Å². The molecule has 4 amide bonds. The minimum absolute atomic E-state index is 0.151. The van der Waals surface area contributed by atoms with E-state index in [9.17, 15) is 18.8 Å². The van der Waals surface area contributed by atoms with Gasteiger partial charge < -0.3 is 9.30 Å². The number of halogens is 1. The van der Waals surface area contributed by atoms with Gasteiger partial charge in [-0.05, 0) is 78.7 Å². The summed E-state index contributed by atoms with van der Waals surface area (Å²) in [6, 6.07) is 19.5. The van der Waals surface area contributed by atoms with Gasteiger partial charge in [-0.15, -0.1) is 0 Å². The number of hydrogen-bond donors (Lipinski definition) is 1. The van der Waals surface area contributed by atoms with Crippen molar-refractivity contribution in [3.8, 4) is 5.75 Å². The van der Waals surface area contributed by atoms with Crippen LogP contribution < -0.4 is 15.0 Å². The minimum atomic E-state index is -0.809. The lowest BCUT2D eigenvalue weighted by Gasteiger charge is -2.26. The molecule has 0 radical (unpaired) electrons. The summed E-state index contributed by atoms with van der Waals surface area (Å²) in [4.78, 5) is 39.1. The van der Waals surface area contributed by atoms with Crippen molar-refractivity contribution in [3.63, 3.8) is 0 Å². The number of rotatable bonds is 6. The summed E-state index contributed by atoms with van der Waals surface area (Å²) in [5.74, 6) is -1.14. The Kier molecular flexibility index (Phi) is 6.08. The van der Waals surface area contributed by atoms with Crippen LogP contribution in [0, 0.1) is 5.82 Å². The first-order valence-corrected chi connectivity index (χ1v) is 11.4. The number of benzene rings is 3. The van der Waals surface area contributed by atoms with Gasteiger partial charge >= 0.3 is 6.03 Å². The largest absolute Gasteiger partial charge is 0.494 e. The zero-order valence-corrected chi connectivity index (χ0v) is 19.4. The number of nitrogens with one attached hydrogen (secondary N) is 1. The van der Waals surface area contributed by atoms with Gasteiger partial charge in [0.2, 0.25) is 0 Å². The maximum Gasteiger partial charge on any atom is 0.335 e. The second kappa shape index (κ2) is 9.50. The molecule has 0 aliphatic carbocycles. The third-order valence-electron chi connectivity index (χ3n) is 5.86. The number of barbiturate groups is 1. The van der Waals surface area contributed by atoms with Crippen molar-refractivity contribution in [3.05, 3.63) is 102 Å². The van der Waals surface area contributed by atoms with Crippen LogP contribution in [0.1, 0.15) is 18.1 Å². The summed E-state index contributed by atoms with van der Waals surface area (Å²) in [7, 11) is 0. The second-order valence-electron chi connectivity index (χ2n) is 8.28. The van der Waals surface area contributed by atoms with E-state index in [1.165, 1.54) is 18.2 Å². The van der Waals surface area contributed by atoms with Gasteiger partial charge in [-0.3, -0.25) is 14.9 Å². The maximum absolute atomic E-state index is 13.6. The number of carbonyl (C=O) groups excluding carboxylic acids is 3. The highest BCUT2D eigenvalue weighted by Gasteiger charge is 2.36. The van der Waals surface area contributed by atoms with E-state index in [1.54, 1.807) is 36.4 Å². The molecule has 0 saturated carbocycles. The lowest BCUT2D eigenvalue weighted by molar-refractivity contribution is -0.122. The molecule has 5 rings (SSSR count). The molecular formula is C28H22FN3O4. The van der Waals surface area contributed by atoms with Gasteiger partial charge in [-0.1, -0.05) is 18.2 Å². The molecule has 1 N–H and O–H groups in total. The van der Waals surface area contributed by atoms with E-state index < -0.39 is 17.8 Å². The molecule has 36 heavy (non-hydrogen) atoms. The first-order valence-electron chi connectivity index (χ1n) is 11.4. The first kappa shape index (κ1) is 23.0. The van der Waals surface area contributed by atoms with Crippen LogP contribution in [-0.2, 0) is 16.1 Å². The second-order valence-corrected chi connectivity index (χ2v) is 8.28. The number of hydrogen-bond acceptors (Lipinski definition) is 4. The number of fused-ring (bicyclic) bond motifs is 1. The van der Waals surface area contributed by atoms with Gasteiger partial charge in [0.1, 0.15) is 17.1 Å². The van der Waals surface area contributed by atoms with Crippen molar-refractivity contribution in [1.29, 1.82) is 0 Å². The van der Waals surface area contributed by atoms with Crippen molar-refractivity contribution >= 4 is 40.5 Å². The summed E-state index contributed by atoms with van der Waals surface area (Å²) in [5.41, 5.74) is 2.56. The van der Waals surface area contributed by atoms with E-state index in [2.05, 4.69) is 5.32 Å². The van der Waals surface area contributed by atoms with Crippen LogP contribution in [-0.4, -0.2) is 29.0 Å². The topological polar surface area (TPSA) is 80.6 Å². The van der Waals surface area contributed by atoms with Crippen LogP contribution in [0.3, 0.4) is 0 Å². The van der Waals surface area contributed by atoms with E-state index >= 15 is 0 Å². The average Bonchev–Trinajstić information content (AvgIpc) is 3.25. The molecule has 1 aliphatic heterocycles. The average molecular weight is 483 g/mol. The SMILES string of the molecule is CCOc1ccc(N2C(=O)NC(=O)/C(=C/c3ccc4c(ccn4Cc4cccc(F)c4)c3)C2=O)cc1. The molecule has 0 unspecified atom stereocenters. The summed E-state index contributed by atoms with van der Waals surface area (Å²) in [6.45, 7) is 2.85. The molecule has 8 heteroatoms. The van der Waals surface area contributed by atoms with Crippen LogP contribution in [0.25, 0.3) is 17.0 Å². The van der Waals surface area contributed by atoms with Crippen LogP contribution in [0.15, 0.2) is 84.6 Å². The minimum Gasteiger partial charge on any atom is -0.494 e. The number of anilines is 1. The molecule has 3 aromatic carbocycles. The lowest BCUT2D eigenvalue weighted by atomic mass is 10.1. The number of carbonyl (C=O) groups is 3. The van der Waals surface area contributed by atoms with Gasteiger partial charge in [0.15, 0.2) is 0 Å². The molecule has 1 fully saturated rings. The van der Waals surface area contributed by atoms with E-state index in [0.717, 1.165) is 21.4 Å². The number of urea groups is 1. The zero-order chi connectivity index (χ0) is 25.2.